The Kier molecular flexibility index (Phi) is 5.62. The van der Waals surface area contributed by atoms with Gasteiger partial charge in [-0.25, -0.2) is 0 Å². The molecule has 1 atom stereocenters. The van der Waals surface area contributed by atoms with Crippen LogP contribution in [-0.2, 0) is 10.2 Å². The van der Waals surface area contributed by atoms with Gasteiger partial charge >= 0.3 is 0 Å². The van der Waals surface area contributed by atoms with Gasteiger partial charge in [-0.1, -0.05) is 32.1 Å². The molecule has 1 aliphatic heterocycles. The summed E-state index contributed by atoms with van der Waals surface area (Å²) in [5.41, 5.74) is 0.0428. The first kappa shape index (κ1) is 18.1. The van der Waals surface area contributed by atoms with Crippen LogP contribution in [-0.4, -0.2) is 59.3 Å². The van der Waals surface area contributed by atoms with Gasteiger partial charge in [-0.15, -0.1) is 10.2 Å². The standard InChI is InChI=1S/C16H29N5OS/c1-11(2)17-13(22)12(3)20-7-9-21(10-8-20)15-19-18-14(23-15)16(4,5)6/h11-12H,7-10H2,1-6H3,(H,17,22). The molecule has 1 aromatic heterocycles. The van der Waals surface area contributed by atoms with E-state index in [0.29, 0.717) is 0 Å². The Morgan fingerprint density at radius 1 is 1.13 bits per heavy atom. The number of carbonyl (C=O) groups is 1. The van der Waals surface area contributed by atoms with Crippen molar-refractivity contribution in [2.24, 2.45) is 0 Å². The van der Waals surface area contributed by atoms with Gasteiger partial charge in [0.05, 0.1) is 6.04 Å². The summed E-state index contributed by atoms with van der Waals surface area (Å²) in [6.07, 6.45) is 0. The largest absolute Gasteiger partial charge is 0.353 e. The fourth-order valence-electron chi connectivity index (χ4n) is 2.52. The number of hydrogen-bond donors (Lipinski definition) is 1. The highest BCUT2D eigenvalue weighted by molar-refractivity contribution is 7.15. The smallest absolute Gasteiger partial charge is 0.237 e. The molecule has 23 heavy (non-hydrogen) atoms. The number of nitrogens with zero attached hydrogens (tertiary/aromatic N) is 4. The molecule has 0 aliphatic carbocycles. The fraction of sp³-hybridized carbons (Fsp3) is 0.812. The van der Waals surface area contributed by atoms with E-state index in [-0.39, 0.29) is 23.4 Å². The average Bonchev–Trinajstić information content (AvgIpc) is 2.96. The lowest BCUT2D eigenvalue weighted by Crippen LogP contribution is -2.54. The number of hydrogen-bond acceptors (Lipinski definition) is 6. The van der Waals surface area contributed by atoms with Gasteiger partial charge < -0.3 is 10.2 Å². The Hall–Kier alpha value is -1.21. The van der Waals surface area contributed by atoms with Crippen LogP contribution in [0.3, 0.4) is 0 Å². The average molecular weight is 340 g/mol. The maximum absolute atomic E-state index is 12.1. The van der Waals surface area contributed by atoms with Gasteiger partial charge in [0.15, 0.2) is 0 Å². The van der Waals surface area contributed by atoms with Crippen LogP contribution in [0.25, 0.3) is 0 Å². The van der Waals surface area contributed by atoms with E-state index in [2.05, 4.69) is 46.1 Å². The molecule has 0 bridgehead atoms. The molecule has 1 fully saturated rings. The van der Waals surface area contributed by atoms with E-state index >= 15 is 0 Å². The summed E-state index contributed by atoms with van der Waals surface area (Å²) in [4.78, 5) is 16.6. The van der Waals surface area contributed by atoms with Crippen molar-refractivity contribution < 1.29 is 4.79 Å². The third kappa shape index (κ3) is 4.64. The molecule has 0 aromatic carbocycles. The van der Waals surface area contributed by atoms with Crippen LogP contribution in [0.2, 0.25) is 0 Å². The molecule has 0 radical (unpaired) electrons. The highest BCUT2D eigenvalue weighted by Gasteiger charge is 2.28. The molecule has 1 saturated heterocycles. The predicted molar refractivity (Wildman–Crippen MR) is 95.1 cm³/mol. The molecule has 1 N–H and O–H groups in total. The number of nitrogens with one attached hydrogen (secondary N) is 1. The minimum Gasteiger partial charge on any atom is -0.353 e. The molecule has 1 aliphatic rings. The third-order valence-electron chi connectivity index (χ3n) is 4.00. The summed E-state index contributed by atoms with van der Waals surface area (Å²) >= 11 is 1.68. The first-order valence-corrected chi connectivity index (χ1v) is 9.13. The Morgan fingerprint density at radius 2 is 1.74 bits per heavy atom. The molecule has 0 saturated carbocycles. The predicted octanol–water partition coefficient (Wildman–Crippen LogP) is 1.87. The fourth-order valence-corrected chi connectivity index (χ4v) is 3.47. The van der Waals surface area contributed by atoms with E-state index in [4.69, 9.17) is 0 Å². The van der Waals surface area contributed by atoms with Gasteiger partial charge in [0.25, 0.3) is 0 Å². The normalized spacial score (nSPS) is 18.3. The second-order valence-corrected chi connectivity index (χ2v) is 8.46. The Balaban J connectivity index is 1.91. The van der Waals surface area contributed by atoms with E-state index in [1.165, 1.54) is 0 Å². The number of carbonyl (C=O) groups excluding carboxylic acids is 1. The first-order chi connectivity index (χ1) is 10.7. The van der Waals surface area contributed by atoms with E-state index in [1.807, 2.05) is 20.8 Å². The molecule has 6 nitrogen and oxygen atoms in total. The van der Waals surface area contributed by atoms with Gasteiger partial charge in [-0.3, -0.25) is 9.69 Å². The summed E-state index contributed by atoms with van der Waals surface area (Å²) in [7, 11) is 0. The maximum Gasteiger partial charge on any atom is 0.237 e. The molecular formula is C16H29N5OS. The van der Waals surface area contributed by atoms with Gasteiger partial charge in [0.2, 0.25) is 11.0 Å². The van der Waals surface area contributed by atoms with Crippen LogP contribution in [0.15, 0.2) is 0 Å². The van der Waals surface area contributed by atoms with E-state index in [1.54, 1.807) is 11.3 Å². The summed E-state index contributed by atoms with van der Waals surface area (Å²) in [6.45, 7) is 16.0. The van der Waals surface area contributed by atoms with Gasteiger partial charge in [-0.2, -0.15) is 0 Å². The van der Waals surface area contributed by atoms with E-state index < -0.39 is 0 Å². The van der Waals surface area contributed by atoms with Gasteiger partial charge in [-0.05, 0) is 20.8 Å². The SMILES string of the molecule is CC(C)NC(=O)C(C)N1CCN(c2nnc(C(C)(C)C)s2)CC1. The van der Waals surface area contributed by atoms with Crippen LogP contribution < -0.4 is 10.2 Å². The quantitative estimate of drug-likeness (QED) is 0.907. The molecule has 7 heteroatoms. The van der Waals surface area contributed by atoms with Crippen LogP contribution >= 0.6 is 11.3 Å². The molecule has 1 amide bonds. The molecule has 1 unspecified atom stereocenters. The van der Waals surface area contributed by atoms with Crippen molar-refractivity contribution in [1.82, 2.24) is 20.4 Å². The van der Waals surface area contributed by atoms with Crippen molar-refractivity contribution in [2.75, 3.05) is 31.1 Å². The van der Waals surface area contributed by atoms with Crippen LogP contribution in [0.5, 0.6) is 0 Å². The Morgan fingerprint density at radius 3 is 2.22 bits per heavy atom. The van der Waals surface area contributed by atoms with Crippen molar-refractivity contribution in [3.63, 3.8) is 0 Å². The molecule has 130 valence electrons. The zero-order chi connectivity index (χ0) is 17.2. The molecule has 1 aromatic rings. The minimum atomic E-state index is -0.0842. The molecule has 2 heterocycles. The number of rotatable bonds is 4. The Labute approximate surface area is 143 Å². The third-order valence-corrected chi connectivity index (χ3v) is 5.41. The number of aromatic nitrogens is 2. The maximum atomic E-state index is 12.1. The summed E-state index contributed by atoms with van der Waals surface area (Å²) in [5, 5.41) is 13.7. The van der Waals surface area contributed by atoms with Crippen LogP contribution in [0.4, 0.5) is 5.13 Å². The lowest BCUT2D eigenvalue weighted by atomic mass is 9.98. The number of amides is 1. The van der Waals surface area contributed by atoms with Crippen LogP contribution in [0.1, 0.15) is 46.6 Å². The van der Waals surface area contributed by atoms with Crippen LogP contribution in [0, 0.1) is 0 Å². The van der Waals surface area contributed by atoms with Crippen molar-refractivity contribution in [3.8, 4) is 0 Å². The molecule has 0 spiro atoms. The Bertz CT molecular complexity index is 529. The zero-order valence-corrected chi connectivity index (χ0v) is 15.9. The van der Waals surface area contributed by atoms with Crippen molar-refractivity contribution in [2.45, 2.75) is 59.0 Å². The minimum absolute atomic E-state index is 0.0428. The number of anilines is 1. The lowest BCUT2D eigenvalue weighted by molar-refractivity contribution is -0.126. The van der Waals surface area contributed by atoms with Gasteiger partial charge in [0.1, 0.15) is 5.01 Å². The molecule has 2 rings (SSSR count). The summed E-state index contributed by atoms with van der Waals surface area (Å²) in [5.74, 6) is 0.111. The monoisotopic (exact) mass is 339 g/mol. The second kappa shape index (κ2) is 7.13. The number of piperazine rings is 1. The summed E-state index contributed by atoms with van der Waals surface area (Å²) in [6, 6.07) is 0.0996. The molecular weight excluding hydrogens is 310 g/mol. The van der Waals surface area contributed by atoms with Crippen molar-refractivity contribution >= 4 is 22.4 Å². The highest BCUT2D eigenvalue weighted by Crippen LogP contribution is 2.30. The van der Waals surface area contributed by atoms with Crippen molar-refractivity contribution in [1.29, 1.82) is 0 Å². The lowest BCUT2D eigenvalue weighted by Gasteiger charge is -2.37. The summed E-state index contributed by atoms with van der Waals surface area (Å²) < 4.78 is 0. The topological polar surface area (TPSA) is 61.4 Å². The second-order valence-electron chi connectivity index (χ2n) is 7.50. The first-order valence-electron chi connectivity index (χ1n) is 8.32. The van der Waals surface area contributed by atoms with Crippen molar-refractivity contribution in [3.05, 3.63) is 5.01 Å². The highest BCUT2D eigenvalue weighted by atomic mass is 32.1. The van der Waals surface area contributed by atoms with Gasteiger partial charge in [0, 0.05) is 37.6 Å². The van der Waals surface area contributed by atoms with E-state index in [0.717, 1.165) is 36.3 Å². The zero-order valence-electron chi connectivity index (χ0n) is 15.1. The van der Waals surface area contributed by atoms with E-state index in [9.17, 15) is 4.79 Å².